The molecule has 2 aliphatic heterocycles. The first-order valence-corrected chi connectivity index (χ1v) is 12.9. The molecule has 0 aromatic heterocycles. The topological polar surface area (TPSA) is 149 Å². The molecule has 10 heteroatoms. The van der Waals surface area contributed by atoms with Crippen LogP contribution in [0.4, 0.5) is 0 Å². The zero-order valence-corrected chi connectivity index (χ0v) is 21.3. The summed E-state index contributed by atoms with van der Waals surface area (Å²) in [6.07, 6.45) is -4.55. The van der Waals surface area contributed by atoms with Crippen molar-refractivity contribution in [2.45, 2.75) is 68.7 Å². The minimum Gasteiger partial charge on any atom is -0.494 e. The molecule has 0 bridgehead atoms. The van der Waals surface area contributed by atoms with Gasteiger partial charge in [-0.15, -0.1) is 0 Å². The fourth-order valence-electron chi connectivity index (χ4n) is 5.19. The molecule has 0 spiro atoms. The lowest BCUT2D eigenvalue weighted by Crippen LogP contribution is -2.55. The Kier molecular flexibility index (Phi) is 9.07. The molecule has 9 nitrogen and oxygen atoms in total. The molecule has 7 atom stereocenters. The van der Waals surface area contributed by atoms with Gasteiger partial charge in [-0.05, 0) is 72.6 Å². The maximum Gasteiger partial charge on any atom is 0.320 e. The van der Waals surface area contributed by atoms with Gasteiger partial charge in [0.2, 0.25) is 0 Å². The van der Waals surface area contributed by atoms with Crippen LogP contribution in [0.15, 0.2) is 36.4 Å². The molecule has 2 heterocycles. The van der Waals surface area contributed by atoms with Gasteiger partial charge in [0.05, 0.1) is 13.2 Å². The third-order valence-electron chi connectivity index (χ3n) is 7.25. The molecule has 2 saturated heterocycles. The van der Waals surface area contributed by atoms with Crippen molar-refractivity contribution in [1.29, 1.82) is 0 Å². The molecule has 4 rings (SSSR count). The molecule has 37 heavy (non-hydrogen) atoms. The zero-order valence-electron chi connectivity index (χ0n) is 20.6. The molecule has 0 radical (unpaired) electrons. The number of nitrogens with one attached hydrogen (secondary N) is 1. The third-order valence-corrected chi connectivity index (χ3v) is 7.62. The smallest absolute Gasteiger partial charge is 0.320 e. The summed E-state index contributed by atoms with van der Waals surface area (Å²) in [6.45, 7) is 2.46. The summed E-state index contributed by atoms with van der Waals surface area (Å²) in [5.74, 6) is -0.0142. The number of carboxylic acid groups (broad SMARTS) is 1. The van der Waals surface area contributed by atoms with Crippen LogP contribution in [0, 0.1) is 0 Å². The Balaban J connectivity index is 1.62. The van der Waals surface area contributed by atoms with Gasteiger partial charge in [-0.2, -0.15) is 0 Å². The largest absolute Gasteiger partial charge is 0.494 e. The molecule has 2 aliphatic rings. The second kappa shape index (κ2) is 12.1. The van der Waals surface area contributed by atoms with Crippen LogP contribution in [0.5, 0.6) is 5.75 Å². The summed E-state index contributed by atoms with van der Waals surface area (Å²) in [5.41, 5.74) is 3.40. The lowest BCUT2D eigenvalue weighted by atomic mass is 9.84. The molecular weight excluding hydrogens is 502 g/mol. The summed E-state index contributed by atoms with van der Waals surface area (Å²) < 4.78 is 11.5. The number of hydrogen-bond donors (Lipinski definition) is 6. The highest BCUT2D eigenvalue weighted by Crippen LogP contribution is 2.36. The lowest BCUT2D eigenvalue weighted by Gasteiger charge is -2.40. The van der Waals surface area contributed by atoms with E-state index in [-0.39, 0.29) is 5.92 Å². The number of benzene rings is 2. The van der Waals surface area contributed by atoms with Gasteiger partial charge in [-0.25, -0.2) is 0 Å². The van der Waals surface area contributed by atoms with E-state index in [4.69, 9.17) is 21.1 Å². The monoisotopic (exact) mass is 535 g/mol. The first-order valence-electron chi connectivity index (χ1n) is 12.5. The summed E-state index contributed by atoms with van der Waals surface area (Å²) in [5, 5.41) is 53.4. The highest BCUT2D eigenvalue weighted by atomic mass is 35.5. The zero-order chi connectivity index (χ0) is 26.7. The summed E-state index contributed by atoms with van der Waals surface area (Å²) in [4.78, 5) is 11.4. The quantitative estimate of drug-likeness (QED) is 0.297. The number of piperidine rings is 1. The molecule has 2 aromatic rings. The van der Waals surface area contributed by atoms with Crippen LogP contribution in [0.25, 0.3) is 0 Å². The van der Waals surface area contributed by atoms with Crippen molar-refractivity contribution in [2.24, 2.45) is 0 Å². The van der Waals surface area contributed by atoms with E-state index in [9.17, 15) is 30.3 Å². The number of ether oxygens (including phenoxy) is 2. The van der Waals surface area contributed by atoms with Crippen LogP contribution >= 0.6 is 11.6 Å². The van der Waals surface area contributed by atoms with Crippen LogP contribution in [0.2, 0.25) is 5.02 Å². The number of aliphatic carboxylic acids is 1. The minimum atomic E-state index is -1.47. The van der Waals surface area contributed by atoms with Crippen LogP contribution in [0.3, 0.4) is 0 Å². The maximum absolute atomic E-state index is 11.4. The number of aliphatic hydroxyl groups is 4. The first kappa shape index (κ1) is 27.8. The van der Waals surface area contributed by atoms with E-state index < -0.39 is 49.1 Å². The van der Waals surface area contributed by atoms with Gasteiger partial charge in [0.1, 0.15) is 42.3 Å². The van der Waals surface area contributed by atoms with Crippen molar-refractivity contribution < 1.29 is 39.8 Å². The second-order valence-corrected chi connectivity index (χ2v) is 10.1. The minimum absolute atomic E-state index is 0.0958. The number of hydrogen-bond acceptors (Lipinski definition) is 8. The van der Waals surface area contributed by atoms with Crippen molar-refractivity contribution in [2.75, 3.05) is 19.8 Å². The highest BCUT2D eigenvalue weighted by molar-refractivity contribution is 6.31. The van der Waals surface area contributed by atoms with Crippen LogP contribution in [0.1, 0.15) is 54.0 Å². The number of carboxylic acids is 1. The van der Waals surface area contributed by atoms with E-state index >= 15 is 0 Å². The number of halogens is 1. The number of aliphatic hydroxyl groups excluding tert-OH is 4. The van der Waals surface area contributed by atoms with Gasteiger partial charge in [0, 0.05) is 11.6 Å². The highest BCUT2D eigenvalue weighted by Gasteiger charge is 2.44. The van der Waals surface area contributed by atoms with E-state index in [1.54, 1.807) is 18.2 Å². The standard InChI is InChI=1S/C27H34ClNO8/c1-2-36-18-6-3-14(19(11-18)16-5-8-21(27(34)35)29-12-16)9-17-10-15(4-7-20(17)28)26-25(33)24(32)23(31)22(13-30)37-26/h3-4,6-7,10-11,16,21-26,29-33H,2,5,8-9,12-13H2,1H3,(H,34,35)/t16?,21-,22+,23+,24-,25+,26-/m0/s1. The van der Waals surface area contributed by atoms with Crippen molar-refractivity contribution >= 4 is 17.6 Å². The summed E-state index contributed by atoms with van der Waals surface area (Å²) >= 11 is 6.57. The van der Waals surface area contributed by atoms with E-state index in [0.29, 0.717) is 43.0 Å². The molecule has 0 amide bonds. The predicted molar refractivity (Wildman–Crippen MR) is 136 cm³/mol. The van der Waals surface area contributed by atoms with E-state index in [1.807, 2.05) is 25.1 Å². The summed E-state index contributed by atoms with van der Waals surface area (Å²) in [6, 6.07) is 10.5. The van der Waals surface area contributed by atoms with Crippen LogP contribution < -0.4 is 10.1 Å². The van der Waals surface area contributed by atoms with Crippen LogP contribution in [-0.2, 0) is 16.0 Å². The third kappa shape index (κ3) is 6.09. The van der Waals surface area contributed by atoms with E-state index in [0.717, 1.165) is 22.4 Å². The average Bonchev–Trinajstić information content (AvgIpc) is 2.90. The van der Waals surface area contributed by atoms with Gasteiger partial charge >= 0.3 is 5.97 Å². The van der Waals surface area contributed by atoms with Crippen molar-refractivity contribution in [3.8, 4) is 5.75 Å². The fraction of sp³-hybridized carbons (Fsp3) is 0.519. The molecule has 1 unspecified atom stereocenters. The Morgan fingerprint density at radius 1 is 1.08 bits per heavy atom. The van der Waals surface area contributed by atoms with Crippen molar-refractivity contribution in [1.82, 2.24) is 5.32 Å². The first-order chi connectivity index (χ1) is 17.7. The normalized spacial score (nSPS) is 30.2. The number of rotatable bonds is 8. The average molecular weight is 536 g/mol. The molecule has 0 aliphatic carbocycles. The molecular formula is C27H34ClNO8. The van der Waals surface area contributed by atoms with Crippen LogP contribution in [-0.4, -0.2) is 81.7 Å². The van der Waals surface area contributed by atoms with Gasteiger partial charge in [0.25, 0.3) is 0 Å². The Morgan fingerprint density at radius 3 is 2.51 bits per heavy atom. The maximum atomic E-state index is 11.4. The van der Waals surface area contributed by atoms with Gasteiger partial charge in [0.15, 0.2) is 0 Å². The Morgan fingerprint density at radius 2 is 1.86 bits per heavy atom. The summed E-state index contributed by atoms with van der Waals surface area (Å²) in [7, 11) is 0. The molecule has 2 fully saturated rings. The van der Waals surface area contributed by atoms with Gasteiger partial charge in [-0.1, -0.05) is 29.8 Å². The van der Waals surface area contributed by atoms with Gasteiger partial charge in [-0.3, -0.25) is 4.79 Å². The Labute approximate surface area is 220 Å². The van der Waals surface area contributed by atoms with Crippen molar-refractivity contribution in [3.63, 3.8) is 0 Å². The van der Waals surface area contributed by atoms with Crippen molar-refractivity contribution in [3.05, 3.63) is 63.7 Å². The SMILES string of the molecule is CCOc1ccc(Cc2cc([C@@H]3O[C@H](CO)[C@@H](O)[C@H](O)[C@H]3O)ccc2Cl)c(C2CC[C@@H](C(=O)O)NC2)c1. The Bertz CT molecular complexity index is 1090. The predicted octanol–water partition coefficient (Wildman–Crippen LogP) is 1.76. The van der Waals surface area contributed by atoms with E-state index in [1.165, 1.54) is 0 Å². The van der Waals surface area contributed by atoms with Gasteiger partial charge < -0.3 is 40.3 Å². The molecule has 6 N–H and O–H groups in total. The lowest BCUT2D eigenvalue weighted by molar-refractivity contribution is -0.231. The molecule has 2 aromatic carbocycles. The number of carbonyl (C=O) groups is 1. The second-order valence-electron chi connectivity index (χ2n) is 9.64. The van der Waals surface area contributed by atoms with E-state index in [2.05, 4.69) is 5.32 Å². The molecule has 0 saturated carbocycles. The fourth-order valence-corrected chi connectivity index (χ4v) is 5.38. The molecule has 202 valence electrons. The Hall–Kier alpha value is -2.24.